The van der Waals surface area contributed by atoms with E-state index in [9.17, 15) is 15.0 Å². The lowest BCUT2D eigenvalue weighted by atomic mass is 9.70. The topological polar surface area (TPSA) is 70.0 Å². The van der Waals surface area contributed by atoms with E-state index in [2.05, 4.69) is 4.90 Å². The van der Waals surface area contributed by atoms with Crippen molar-refractivity contribution in [3.8, 4) is 0 Å². The number of carboxylic acid groups (broad SMARTS) is 1. The van der Waals surface area contributed by atoms with Crippen LogP contribution < -0.4 is 0 Å². The molecule has 0 aromatic rings. The van der Waals surface area contributed by atoms with Gasteiger partial charge in [-0.2, -0.15) is 0 Å². The Morgan fingerprint density at radius 2 is 2.12 bits per heavy atom. The van der Waals surface area contributed by atoms with Crippen molar-refractivity contribution < 1.29 is 19.7 Å². The van der Waals surface area contributed by atoms with Crippen LogP contribution in [-0.4, -0.2) is 60.5 Å². The van der Waals surface area contributed by atoms with E-state index in [4.69, 9.17) is 4.74 Å². The monoisotopic (exact) mass is 245 g/mol. The van der Waals surface area contributed by atoms with Gasteiger partial charge in [-0.25, -0.2) is 0 Å². The Morgan fingerprint density at radius 1 is 1.47 bits per heavy atom. The van der Waals surface area contributed by atoms with E-state index in [1.807, 2.05) is 7.05 Å². The van der Waals surface area contributed by atoms with Crippen LogP contribution >= 0.6 is 0 Å². The molecule has 0 aromatic heterocycles. The first-order valence-electron chi connectivity index (χ1n) is 5.99. The molecule has 17 heavy (non-hydrogen) atoms. The molecule has 0 spiro atoms. The van der Waals surface area contributed by atoms with Gasteiger partial charge in [-0.1, -0.05) is 0 Å². The molecule has 1 heterocycles. The summed E-state index contributed by atoms with van der Waals surface area (Å²) in [5.74, 6) is -0.994. The minimum Gasteiger partial charge on any atom is -0.481 e. The number of rotatable bonds is 4. The number of hydrogen-bond donors (Lipinski definition) is 2. The van der Waals surface area contributed by atoms with Crippen molar-refractivity contribution in [1.29, 1.82) is 0 Å². The van der Waals surface area contributed by atoms with Gasteiger partial charge in [0.05, 0.1) is 12.2 Å². The fraction of sp³-hybridized carbons (Fsp3) is 0.917. The van der Waals surface area contributed by atoms with Crippen LogP contribution in [0.4, 0.5) is 0 Å². The molecule has 0 aromatic carbocycles. The fourth-order valence-electron chi connectivity index (χ4n) is 2.49. The Balaban J connectivity index is 2.94. The molecular formula is C12H23NO4. The van der Waals surface area contributed by atoms with E-state index in [-0.39, 0.29) is 6.61 Å². The molecule has 2 N–H and O–H groups in total. The molecule has 1 fully saturated rings. The number of methoxy groups -OCH3 is 1. The number of aliphatic carboxylic acids is 1. The lowest BCUT2D eigenvalue weighted by Crippen LogP contribution is -2.54. The minimum atomic E-state index is -1.24. The van der Waals surface area contributed by atoms with Crippen LogP contribution in [0.2, 0.25) is 0 Å². The molecule has 5 heteroatoms. The smallest absolute Gasteiger partial charge is 0.314 e. The highest BCUT2D eigenvalue weighted by atomic mass is 16.5. The van der Waals surface area contributed by atoms with Crippen molar-refractivity contribution in [2.75, 3.05) is 33.9 Å². The number of ether oxygens (including phenoxy) is 1. The zero-order valence-electron chi connectivity index (χ0n) is 10.9. The zero-order chi connectivity index (χ0) is 13.1. The van der Waals surface area contributed by atoms with Gasteiger partial charge in [-0.3, -0.25) is 4.79 Å². The molecule has 0 aliphatic carbocycles. The Bertz CT molecular complexity index is 284. The molecule has 0 amide bonds. The lowest BCUT2D eigenvalue weighted by Gasteiger charge is -2.41. The molecule has 0 saturated carbocycles. The Morgan fingerprint density at radius 3 is 2.65 bits per heavy atom. The molecule has 0 bridgehead atoms. The summed E-state index contributed by atoms with van der Waals surface area (Å²) in [5.41, 5.74) is -2.44. The predicted molar refractivity (Wildman–Crippen MR) is 63.9 cm³/mol. The van der Waals surface area contributed by atoms with Crippen LogP contribution in [0.3, 0.4) is 0 Å². The van der Waals surface area contributed by atoms with Crippen LogP contribution in [-0.2, 0) is 9.53 Å². The Kier molecular flexibility index (Phi) is 4.52. The Hall–Kier alpha value is -0.650. The number of carboxylic acids is 1. The second-order valence-corrected chi connectivity index (χ2v) is 5.26. The molecule has 0 radical (unpaired) electrons. The molecule has 5 nitrogen and oxygen atoms in total. The van der Waals surface area contributed by atoms with Crippen LogP contribution in [0, 0.1) is 5.41 Å². The van der Waals surface area contributed by atoms with Crippen LogP contribution in [0.5, 0.6) is 0 Å². The van der Waals surface area contributed by atoms with Gasteiger partial charge >= 0.3 is 5.97 Å². The standard InChI is InChI=1S/C12H23NO4/c1-11(9-17-3,10(14)15)12(16)5-4-7-13(2)8-6-12/h16H,4-9H2,1-3H3,(H,14,15). The summed E-state index contributed by atoms with van der Waals surface area (Å²) >= 11 is 0. The highest BCUT2D eigenvalue weighted by molar-refractivity contribution is 5.76. The third-order valence-corrected chi connectivity index (χ3v) is 3.97. The van der Waals surface area contributed by atoms with Crippen LogP contribution in [0.1, 0.15) is 26.2 Å². The quantitative estimate of drug-likeness (QED) is 0.758. The second kappa shape index (κ2) is 5.33. The lowest BCUT2D eigenvalue weighted by molar-refractivity contribution is -0.177. The average Bonchev–Trinajstić information content (AvgIpc) is 2.42. The van der Waals surface area contributed by atoms with E-state index in [0.717, 1.165) is 13.0 Å². The summed E-state index contributed by atoms with van der Waals surface area (Å²) in [5, 5.41) is 20.1. The number of carbonyl (C=O) groups is 1. The fourth-order valence-corrected chi connectivity index (χ4v) is 2.49. The maximum Gasteiger partial charge on any atom is 0.314 e. The largest absolute Gasteiger partial charge is 0.481 e. The maximum atomic E-state index is 11.5. The van der Waals surface area contributed by atoms with E-state index in [0.29, 0.717) is 19.4 Å². The van der Waals surface area contributed by atoms with Gasteiger partial charge in [-0.05, 0) is 39.8 Å². The number of aliphatic hydroxyl groups is 1. The summed E-state index contributed by atoms with van der Waals surface area (Å²) in [7, 11) is 3.45. The minimum absolute atomic E-state index is 0.0303. The second-order valence-electron chi connectivity index (χ2n) is 5.26. The maximum absolute atomic E-state index is 11.5. The number of hydrogen-bond acceptors (Lipinski definition) is 4. The summed E-state index contributed by atoms with van der Waals surface area (Å²) in [6.45, 7) is 3.21. The molecule has 1 aliphatic heterocycles. The summed E-state index contributed by atoms with van der Waals surface area (Å²) in [6, 6.07) is 0. The predicted octanol–water partition coefficient (Wildman–Crippen LogP) is 0.570. The molecule has 1 saturated heterocycles. The van der Waals surface area contributed by atoms with Gasteiger partial charge in [0.1, 0.15) is 5.41 Å². The highest BCUT2D eigenvalue weighted by Crippen LogP contribution is 2.39. The molecule has 2 atom stereocenters. The van der Waals surface area contributed by atoms with Gasteiger partial charge in [-0.15, -0.1) is 0 Å². The number of nitrogens with zero attached hydrogens (tertiary/aromatic N) is 1. The summed E-state index contributed by atoms with van der Waals surface area (Å²) < 4.78 is 5.00. The molecular weight excluding hydrogens is 222 g/mol. The van der Waals surface area contributed by atoms with Gasteiger partial charge in [0, 0.05) is 13.7 Å². The van der Waals surface area contributed by atoms with Gasteiger partial charge in [0.2, 0.25) is 0 Å². The van der Waals surface area contributed by atoms with E-state index in [1.165, 1.54) is 7.11 Å². The van der Waals surface area contributed by atoms with E-state index < -0.39 is 17.0 Å². The molecule has 2 unspecified atom stereocenters. The van der Waals surface area contributed by atoms with Crippen LogP contribution in [0.25, 0.3) is 0 Å². The van der Waals surface area contributed by atoms with Crippen molar-refractivity contribution in [2.45, 2.75) is 31.8 Å². The summed E-state index contributed by atoms with van der Waals surface area (Å²) in [4.78, 5) is 13.6. The first kappa shape index (κ1) is 14.4. The van der Waals surface area contributed by atoms with Crippen molar-refractivity contribution in [3.63, 3.8) is 0 Å². The number of likely N-dealkylation sites (tertiary alicyclic amines) is 1. The van der Waals surface area contributed by atoms with Crippen molar-refractivity contribution in [1.82, 2.24) is 4.90 Å². The van der Waals surface area contributed by atoms with Crippen molar-refractivity contribution in [3.05, 3.63) is 0 Å². The molecule has 100 valence electrons. The Labute approximate surface area is 102 Å². The molecule has 1 aliphatic rings. The normalized spacial score (nSPS) is 30.6. The van der Waals surface area contributed by atoms with E-state index in [1.54, 1.807) is 6.92 Å². The van der Waals surface area contributed by atoms with Gasteiger partial charge in [0.15, 0.2) is 0 Å². The zero-order valence-corrected chi connectivity index (χ0v) is 10.9. The van der Waals surface area contributed by atoms with Crippen molar-refractivity contribution in [2.24, 2.45) is 5.41 Å². The molecule has 1 rings (SSSR count). The third-order valence-electron chi connectivity index (χ3n) is 3.97. The first-order chi connectivity index (χ1) is 7.85. The van der Waals surface area contributed by atoms with Crippen LogP contribution in [0.15, 0.2) is 0 Å². The highest BCUT2D eigenvalue weighted by Gasteiger charge is 2.52. The van der Waals surface area contributed by atoms with Gasteiger partial charge < -0.3 is 19.8 Å². The van der Waals surface area contributed by atoms with Gasteiger partial charge in [0.25, 0.3) is 0 Å². The average molecular weight is 245 g/mol. The van der Waals surface area contributed by atoms with E-state index >= 15 is 0 Å². The van der Waals surface area contributed by atoms with Crippen molar-refractivity contribution >= 4 is 5.97 Å². The summed E-state index contributed by atoms with van der Waals surface area (Å²) in [6.07, 6.45) is 1.78. The SMILES string of the molecule is COCC(C)(C(=O)O)C1(O)CCCN(C)CC1. The first-order valence-corrected chi connectivity index (χ1v) is 5.99. The third kappa shape index (κ3) is 2.78.